The van der Waals surface area contributed by atoms with Gasteiger partial charge in [-0.3, -0.25) is 0 Å². The Morgan fingerprint density at radius 3 is 2.32 bits per heavy atom. The second-order valence-electron chi connectivity index (χ2n) is 9.37. The van der Waals surface area contributed by atoms with E-state index in [9.17, 15) is 9.90 Å². The zero-order valence-corrected chi connectivity index (χ0v) is 16.0. The van der Waals surface area contributed by atoms with Gasteiger partial charge in [0.2, 0.25) is 0 Å². The molecule has 0 atom stereocenters. The summed E-state index contributed by atoms with van der Waals surface area (Å²) in [4.78, 5) is 12.6. The van der Waals surface area contributed by atoms with E-state index in [2.05, 4.69) is 0 Å². The van der Waals surface area contributed by atoms with Crippen molar-refractivity contribution in [2.45, 2.75) is 43.9 Å². The molecule has 4 saturated carbocycles. The van der Waals surface area contributed by atoms with E-state index >= 15 is 0 Å². The first kappa shape index (κ1) is 16.5. The van der Waals surface area contributed by atoms with E-state index in [4.69, 9.17) is 9.15 Å². The summed E-state index contributed by atoms with van der Waals surface area (Å²) in [5.74, 6) is 3.31. The Hall–Kier alpha value is -2.49. The predicted molar refractivity (Wildman–Crippen MR) is 108 cm³/mol. The minimum absolute atomic E-state index is 0.141. The van der Waals surface area contributed by atoms with Gasteiger partial charge >= 0.3 is 5.63 Å². The Morgan fingerprint density at radius 1 is 1.00 bits per heavy atom. The van der Waals surface area contributed by atoms with E-state index in [1.54, 1.807) is 25.3 Å². The van der Waals surface area contributed by atoms with Crippen molar-refractivity contribution in [1.82, 2.24) is 0 Å². The van der Waals surface area contributed by atoms with Crippen LogP contribution >= 0.6 is 0 Å². The summed E-state index contributed by atoms with van der Waals surface area (Å²) < 4.78 is 11.0. The molecule has 1 N–H and O–H groups in total. The van der Waals surface area contributed by atoms with Crippen LogP contribution in [0.2, 0.25) is 0 Å². The number of ether oxygens (including phenoxy) is 1. The SMILES string of the molecule is COc1ccc2c(=O)oc3cc(C45CC6CC(CC(C6)C4)C5)cc(O)c3c2c1. The molecule has 4 fully saturated rings. The molecular formula is C24H24O4. The molecule has 0 aliphatic heterocycles. The molecule has 144 valence electrons. The van der Waals surface area contributed by atoms with Gasteiger partial charge in [0.15, 0.2) is 0 Å². The average Bonchev–Trinajstić information content (AvgIpc) is 2.66. The molecule has 1 heterocycles. The van der Waals surface area contributed by atoms with Gasteiger partial charge in [-0.2, -0.15) is 0 Å². The summed E-state index contributed by atoms with van der Waals surface area (Å²) in [5.41, 5.74) is 1.41. The molecule has 7 rings (SSSR count). The topological polar surface area (TPSA) is 59.7 Å². The van der Waals surface area contributed by atoms with Crippen molar-refractivity contribution >= 4 is 21.7 Å². The van der Waals surface area contributed by atoms with Crippen molar-refractivity contribution in [1.29, 1.82) is 0 Å². The third-order valence-electron chi connectivity index (χ3n) is 7.65. The van der Waals surface area contributed by atoms with Crippen molar-refractivity contribution in [2.24, 2.45) is 17.8 Å². The minimum atomic E-state index is -0.368. The highest BCUT2D eigenvalue weighted by Crippen LogP contribution is 2.61. The Bertz CT molecular complexity index is 1140. The van der Waals surface area contributed by atoms with Crippen LogP contribution in [0, 0.1) is 17.8 Å². The summed E-state index contributed by atoms with van der Waals surface area (Å²) in [6.07, 6.45) is 7.73. The van der Waals surface area contributed by atoms with Gasteiger partial charge in [0.25, 0.3) is 0 Å². The lowest BCUT2D eigenvalue weighted by Gasteiger charge is -2.57. The van der Waals surface area contributed by atoms with Crippen LogP contribution in [-0.4, -0.2) is 12.2 Å². The second kappa shape index (κ2) is 5.53. The fourth-order valence-electron chi connectivity index (χ4n) is 6.91. The van der Waals surface area contributed by atoms with Gasteiger partial charge in [-0.1, -0.05) is 0 Å². The largest absolute Gasteiger partial charge is 0.507 e. The van der Waals surface area contributed by atoms with Crippen LogP contribution in [0.1, 0.15) is 44.1 Å². The maximum atomic E-state index is 12.6. The predicted octanol–water partition coefficient (Wildman–Crippen LogP) is 5.13. The number of fused-ring (bicyclic) bond motifs is 3. The van der Waals surface area contributed by atoms with Crippen molar-refractivity contribution < 1.29 is 14.3 Å². The number of benzene rings is 2. The summed E-state index contributed by atoms with van der Waals surface area (Å²) in [6.45, 7) is 0. The molecule has 4 heteroatoms. The Labute approximate surface area is 163 Å². The summed E-state index contributed by atoms with van der Waals surface area (Å²) in [7, 11) is 1.60. The molecule has 0 unspecified atom stereocenters. The van der Waals surface area contributed by atoms with Crippen LogP contribution in [0.15, 0.2) is 39.5 Å². The number of hydrogen-bond acceptors (Lipinski definition) is 4. The average molecular weight is 376 g/mol. The third kappa shape index (κ3) is 2.20. The van der Waals surface area contributed by atoms with Crippen LogP contribution in [0.5, 0.6) is 11.5 Å². The van der Waals surface area contributed by atoms with Gasteiger partial charge < -0.3 is 14.3 Å². The van der Waals surface area contributed by atoms with Crippen molar-refractivity contribution in [2.75, 3.05) is 7.11 Å². The summed E-state index contributed by atoms with van der Waals surface area (Å²) in [6, 6.07) is 9.22. The lowest BCUT2D eigenvalue weighted by molar-refractivity contribution is -0.00524. The maximum absolute atomic E-state index is 12.6. The Morgan fingerprint density at radius 2 is 1.68 bits per heavy atom. The van der Waals surface area contributed by atoms with E-state index in [-0.39, 0.29) is 16.8 Å². The van der Waals surface area contributed by atoms with Gasteiger partial charge in [-0.25, -0.2) is 4.79 Å². The molecule has 1 aromatic heterocycles. The summed E-state index contributed by atoms with van der Waals surface area (Å²) >= 11 is 0. The van der Waals surface area contributed by atoms with E-state index in [1.807, 2.05) is 12.1 Å². The number of aromatic hydroxyl groups is 1. The van der Waals surface area contributed by atoms with E-state index in [0.29, 0.717) is 27.5 Å². The molecular weight excluding hydrogens is 352 g/mol. The molecule has 3 aromatic rings. The number of hydrogen-bond donors (Lipinski definition) is 1. The fraction of sp³-hybridized carbons (Fsp3) is 0.458. The highest BCUT2D eigenvalue weighted by molar-refractivity contribution is 6.08. The quantitative estimate of drug-likeness (QED) is 0.498. The van der Waals surface area contributed by atoms with Crippen LogP contribution < -0.4 is 10.4 Å². The molecule has 4 nitrogen and oxygen atoms in total. The highest BCUT2D eigenvalue weighted by atomic mass is 16.5. The first-order chi connectivity index (χ1) is 13.5. The smallest absolute Gasteiger partial charge is 0.344 e. The minimum Gasteiger partial charge on any atom is -0.507 e. The molecule has 4 bridgehead atoms. The molecule has 28 heavy (non-hydrogen) atoms. The van der Waals surface area contributed by atoms with Gasteiger partial charge in [-0.15, -0.1) is 0 Å². The molecule has 0 saturated heterocycles. The van der Waals surface area contributed by atoms with Crippen LogP contribution in [0.4, 0.5) is 0 Å². The zero-order chi connectivity index (χ0) is 19.0. The lowest BCUT2D eigenvalue weighted by Crippen LogP contribution is -2.48. The molecule has 2 aromatic carbocycles. The van der Waals surface area contributed by atoms with Gasteiger partial charge in [0.05, 0.1) is 17.9 Å². The summed E-state index contributed by atoms with van der Waals surface area (Å²) in [5, 5.41) is 12.7. The highest BCUT2D eigenvalue weighted by Gasteiger charge is 2.51. The molecule has 0 radical (unpaired) electrons. The third-order valence-corrected chi connectivity index (χ3v) is 7.65. The molecule has 4 aliphatic rings. The Balaban J connectivity index is 1.59. The monoisotopic (exact) mass is 376 g/mol. The number of methoxy groups -OCH3 is 1. The molecule has 4 aliphatic carbocycles. The van der Waals surface area contributed by atoms with E-state index < -0.39 is 0 Å². The Kier molecular flexibility index (Phi) is 3.25. The standard InChI is InChI=1S/C24H24O4/c1-27-17-2-3-18-19(9-17)22-20(25)7-16(8-21(22)28-23(18)26)24-10-13-4-14(11-24)6-15(5-13)12-24/h2-3,7-9,13-15,25H,4-6,10-12H2,1H3. The van der Waals surface area contributed by atoms with Gasteiger partial charge in [-0.05, 0) is 97.6 Å². The van der Waals surface area contributed by atoms with Gasteiger partial charge in [0, 0.05) is 5.39 Å². The van der Waals surface area contributed by atoms with Crippen molar-refractivity contribution in [3.8, 4) is 11.5 Å². The first-order valence-electron chi connectivity index (χ1n) is 10.3. The molecule has 0 spiro atoms. The van der Waals surface area contributed by atoms with Crippen LogP contribution in [0.3, 0.4) is 0 Å². The second-order valence-corrected chi connectivity index (χ2v) is 9.37. The van der Waals surface area contributed by atoms with Crippen LogP contribution in [0.25, 0.3) is 21.7 Å². The number of phenolic OH excluding ortho intramolecular Hbond substituents is 1. The normalized spacial score (nSPS) is 31.0. The fourth-order valence-corrected chi connectivity index (χ4v) is 6.91. The maximum Gasteiger partial charge on any atom is 0.344 e. The van der Waals surface area contributed by atoms with Gasteiger partial charge in [0.1, 0.15) is 17.1 Å². The number of rotatable bonds is 2. The number of phenols is 1. The lowest BCUT2D eigenvalue weighted by atomic mass is 9.48. The van der Waals surface area contributed by atoms with Crippen molar-refractivity contribution in [3.63, 3.8) is 0 Å². The molecule has 0 amide bonds. The van der Waals surface area contributed by atoms with Crippen LogP contribution in [-0.2, 0) is 5.41 Å². The van der Waals surface area contributed by atoms with E-state index in [1.165, 1.54) is 38.5 Å². The van der Waals surface area contributed by atoms with E-state index in [0.717, 1.165) is 23.3 Å². The van der Waals surface area contributed by atoms with Crippen molar-refractivity contribution in [3.05, 3.63) is 46.3 Å². The zero-order valence-electron chi connectivity index (χ0n) is 16.0. The first-order valence-corrected chi connectivity index (χ1v) is 10.3.